The summed E-state index contributed by atoms with van der Waals surface area (Å²) in [5.41, 5.74) is 0.368. The zero-order valence-electron chi connectivity index (χ0n) is 23.7. The Labute approximate surface area is 250 Å². The van der Waals surface area contributed by atoms with Crippen molar-refractivity contribution < 1.29 is 62.4 Å². The molecule has 20 heteroatoms. The molecule has 1 aromatic carbocycles. The number of carbonyl (C=O) groups excluding carboxylic acids is 2. The highest BCUT2D eigenvalue weighted by molar-refractivity contribution is 7.70. The van der Waals surface area contributed by atoms with Crippen LogP contribution in [0.25, 0.3) is 0 Å². The second kappa shape index (κ2) is 15.2. The SMILES string of the molecule is CCOC(=O)CCNC(=O)c1ccc(CO/N=c2/ccn([C@@H]3O[C@H](COP(=O)(O)CP(=O)(O)O)[C@@H](O)[C@H]3O)c(=O)n2C)cc1. The molecule has 18 nitrogen and oxygen atoms in total. The molecule has 0 aliphatic carbocycles. The standard InChI is InChI=1S/C24H34N4O14P2/c1-3-39-19(29)8-10-25-22(32)16-6-4-15(5-7-16)12-40-26-18-9-11-28(24(33)27(18)2)23-21(31)20(30)17(42-23)13-41-44(37,38)14-43(34,35)36/h4-7,9,11,17,20-21,23,30-31H,3,8,10,12-14H2,1-2H3,(H,25,32)(H,37,38)(H2,34,35,36)/b26-18-/t17-,20-,21-,23-/m1/s1. The Balaban J connectivity index is 1.59. The summed E-state index contributed by atoms with van der Waals surface area (Å²) in [5, 5.41) is 27.3. The van der Waals surface area contributed by atoms with Crippen LogP contribution >= 0.6 is 15.2 Å². The van der Waals surface area contributed by atoms with Gasteiger partial charge in [-0.25, -0.2) is 4.79 Å². The maximum absolute atomic E-state index is 13.0. The Bertz CT molecular complexity index is 1540. The van der Waals surface area contributed by atoms with Crippen LogP contribution in [-0.4, -0.2) is 89.9 Å². The van der Waals surface area contributed by atoms with Crippen LogP contribution in [0, 0.1) is 0 Å². The smallest absolute Gasteiger partial charge is 0.340 e. The molecule has 3 rings (SSSR count). The van der Waals surface area contributed by atoms with Crippen molar-refractivity contribution in [2.75, 3.05) is 25.7 Å². The van der Waals surface area contributed by atoms with Gasteiger partial charge in [-0.05, 0) is 24.6 Å². The van der Waals surface area contributed by atoms with E-state index < -0.39 is 63.9 Å². The molecular formula is C24H34N4O14P2. The highest BCUT2D eigenvalue weighted by atomic mass is 31.2. The third kappa shape index (κ3) is 9.92. The van der Waals surface area contributed by atoms with Crippen LogP contribution < -0.4 is 16.5 Å². The van der Waals surface area contributed by atoms with Gasteiger partial charge in [-0.3, -0.25) is 27.9 Å². The van der Waals surface area contributed by atoms with Gasteiger partial charge in [0, 0.05) is 31.4 Å². The number of hydrogen-bond acceptors (Lipinski definition) is 12. The molecule has 1 aromatic heterocycles. The molecule has 0 saturated carbocycles. The van der Waals surface area contributed by atoms with Gasteiger partial charge >= 0.3 is 26.9 Å². The van der Waals surface area contributed by atoms with Crippen LogP contribution in [0.15, 0.2) is 46.5 Å². The van der Waals surface area contributed by atoms with Crippen LogP contribution in [0.1, 0.15) is 35.5 Å². The molecule has 244 valence electrons. The zero-order chi connectivity index (χ0) is 32.7. The van der Waals surface area contributed by atoms with E-state index in [0.717, 1.165) is 9.13 Å². The summed E-state index contributed by atoms with van der Waals surface area (Å²) in [6.45, 7) is 1.28. The fourth-order valence-electron chi connectivity index (χ4n) is 3.98. The van der Waals surface area contributed by atoms with Crippen molar-refractivity contribution in [2.24, 2.45) is 12.2 Å². The average Bonchev–Trinajstić information content (AvgIpc) is 3.22. The molecule has 1 fully saturated rings. The zero-order valence-corrected chi connectivity index (χ0v) is 25.5. The first-order chi connectivity index (χ1) is 20.6. The van der Waals surface area contributed by atoms with Gasteiger partial charge in [0.05, 0.1) is 19.6 Å². The fraction of sp³-hybridized carbons (Fsp3) is 0.500. The molecule has 0 spiro atoms. The highest BCUT2D eigenvalue weighted by Crippen LogP contribution is 2.55. The Morgan fingerprint density at radius 3 is 2.41 bits per heavy atom. The summed E-state index contributed by atoms with van der Waals surface area (Å²) in [5.74, 6) is -2.22. The number of nitrogens with one attached hydrogen (secondary N) is 1. The summed E-state index contributed by atoms with van der Waals surface area (Å²) >= 11 is 0. The van der Waals surface area contributed by atoms with Crippen molar-refractivity contribution >= 4 is 27.1 Å². The molecule has 6 N–H and O–H groups in total. The molecular weight excluding hydrogens is 630 g/mol. The molecule has 1 saturated heterocycles. The lowest BCUT2D eigenvalue weighted by Crippen LogP contribution is -2.42. The third-order valence-corrected chi connectivity index (χ3v) is 9.63. The van der Waals surface area contributed by atoms with Crippen molar-refractivity contribution in [3.8, 4) is 0 Å². The third-order valence-electron chi connectivity index (χ3n) is 6.18. The number of rotatable bonds is 14. The van der Waals surface area contributed by atoms with Crippen LogP contribution in [0.4, 0.5) is 0 Å². The minimum Gasteiger partial charge on any atom is -0.466 e. The largest absolute Gasteiger partial charge is 0.466 e. The molecule has 1 aliphatic rings. The molecule has 0 radical (unpaired) electrons. The van der Waals surface area contributed by atoms with E-state index >= 15 is 0 Å². The van der Waals surface area contributed by atoms with Crippen molar-refractivity contribution in [3.05, 3.63) is 63.6 Å². The topological polar surface area (TPSA) is 258 Å². The minimum absolute atomic E-state index is 0.0110. The molecule has 1 unspecified atom stereocenters. The predicted octanol–water partition coefficient (Wildman–Crippen LogP) is -1.14. The predicted molar refractivity (Wildman–Crippen MR) is 149 cm³/mol. The van der Waals surface area contributed by atoms with Crippen LogP contribution in [-0.2, 0) is 46.4 Å². The monoisotopic (exact) mass is 664 g/mol. The lowest BCUT2D eigenvalue weighted by Gasteiger charge is -2.19. The highest BCUT2D eigenvalue weighted by Gasteiger charge is 2.45. The Hall–Kier alpha value is -3.18. The second-order valence-corrected chi connectivity index (χ2v) is 13.6. The minimum atomic E-state index is -4.88. The number of ether oxygens (including phenoxy) is 2. The van der Waals surface area contributed by atoms with E-state index in [1.54, 1.807) is 31.2 Å². The van der Waals surface area contributed by atoms with Gasteiger partial charge < -0.3 is 49.0 Å². The summed E-state index contributed by atoms with van der Waals surface area (Å²) < 4.78 is 39.8. The number of nitrogens with zero attached hydrogens (tertiary/aromatic N) is 3. The Morgan fingerprint density at radius 1 is 1.09 bits per heavy atom. The number of carbonyl (C=O) groups is 2. The number of aliphatic hydroxyl groups is 2. The summed E-state index contributed by atoms with van der Waals surface area (Å²) in [4.78, 5) is 69.3. The normalized spacial score (nSPS) is 21.9. The number of aliphatic hydroxyl groups excluding tert-OH is 2. The second-order valence-electron chi connectivity index (χ2n) is 9.58. The number of aromatic nitrogens is 2. The first-order valence-electron chi connectivity index (χ1n) is 13.1. The molecule has 0 bridgehead atoms. The van der Waals surface area contributed by atoms with E-state index in [9.17, 15) is 38.6 Å². The van der Waals surface area contributed by atoms with Crippen molar-refractivity contribution in [2.45, 2.75) is 44.5 Å². The van der Waals surface area contributed by atoms with Gasteiger partial charge in [-0.1, -0.05) is 17.3 Å². The number of hydrogen-bond donors (Lipinski definition) is 6. The Morgan fingerprint density at radius 2 is 1.77 bits per heavy atom. The summed E-state index contributed by atoms with van der Waals surface area (Å²) in [6, 6.07) is 7.77. The van der Waals surface area contributed by atoms with Crippen molar-refractivity contribution in [3.63, 3.8) is 0 Å². The molecule has 1 aliphatic heterocycles. The van der Waals surface area contributed by atoms with Crippen molar-refractivity contribution in [1.82, 2.24) is 14.5 Å². The molecule has 5 atom stereocenters. The van der Waals surface area contributed by atoms with E-state index in [-0.39, 0.29) is 37.6 Å². The van der Waals surface area contributed by atoms with E-state index in [1.165, 1.54) is 19.3 Å². The van der Waals surface area contributed by atoms with Gasteiger partial charge in [0.2, 0.25) is 0 Å². The average molecular weight is 664 g/mol. The molecule has 2 heterocycles. The molecule has 1 amide bonds. The van der Waals surface area contributed by atoms with Gasteiger partial charge in [0.1, 0.15) is 24.9 Å². The van der Waals surface area contributed by atoms with Crippen LogP contribution in [0.5, 0.6) is 0 Å². The van der Waals surface area contributed by atoms with E-state index in [4.69, 9.17) is 24.1 Å². The summed E-state index contributed by atoms with van der Waals surface area (Å²) in [7, 11) is -8.26. The maximum atomic E-state index is 13.0. The van der Waals surface area contributed by atoms with Crippen molar-refractivity contribution in [1.29, 1.82) is 0 Å². The Kier molecular flexibility index (Phi) is 12.2. The molecule has 44 heavy (non-hydrogen) atoms. The number of benzene rings is 1. The summed E-state index contributed by atoms with van der Waals surface area (Å²) in [6.07, 6.45) is -4.90. The molecule has 2 aromatic rings. The maximum Gasteiger partial charge on any atom is 0.340 e. The lowest BCUT2D eigenvalue weighted by atomic mass is 10.1. The lowest BCUT2D eigenvalue weighted by molar-refractivity contribution is -0.142. The quantitative estimate of drug-likeness (QED) is 0.0793. The van der Waals surface area contributed by atoms with Crippen LogP contribution in [0.2, 0.25) is 0 Å². The van der Waals surface area contributed by atoms with Gasteiger partial charge in [-0.15, -0.1) is 0 Å². The number of amides is 1. The van der Waals surface area contributed by atoms with Crippen LogP contribution in [0.3, 0.4) is 0 Å². The first kappa shape index (κ1) is 35.3. The van der Waals surface area contributed by atoms with Gasteiger partial charge in [-0.2, -0.15) is 0 Å². The number of esters is 1. The van der Waals surface area contributed by atoms with E-state index in [2.05, 4.69) is 15.0 Å². The van der Waals surface area contributed by atoms with Gasteiger partial charge in [0.25, 0.3) is 5.91 Å². The van der Waals surface area contributed by atoms with E-state index in [0.29, 0.717) is 11.1 Å². The van der Waals surface area contributed by atoms with Gasteiger partial charge in [0.15, 0.2) is 17.6 Å². The fourth-order valence-corrected chi connectivity index (χ4v) is 6.55. The first-order valence-corrected chi connectivity index (χ1v) is 16.7. The van der Waals surface area contributed by atoms with E-state index in [1.807, 2.05) is 0 Å².